The molecule has 3 heteroatoms. The van der Waals surface area contributed by atoms with Crippen LogP contribution in [0.5, 0.6) is 0 Å². The second kappa shape index (κ2) is 9.52. The Balaban J connectivity index is 1.66. The molecule has 142 valence electrons. The van der Waals surface area contributed by atoms with Crippen molar-refractivity contribution in [2.24, 2.45) is 0 Å². The van der Waals surface area contributed by atoms with Gasteiger partial charge in [-0.1, -0.05) is 55.0 Å². The normalized spacial score (nSPS) is 17.9. The molecule has 27 heavy (non-hydrogen) atoms. The lowest BCUT2D eigenvalue weighted by Gasteiger charge is -2.32. The molecule has 0 aliphatic carbocycles. The summed E-state index contributed by atoms with van der Waals surface area (Å²) in [6, 6.07) is 18.9. The summed E-state index contributed by atoms with van der Waals surface area (Å²) >= 11 is 0. The summed E-state index contributed by atoms with van der Waals surface area (Å²) < 4.78 is 0. The number of carbonyl (C=O) groups is 1. The van der Waals surface area contributed by atoms with E-state index in [1.807, 2.05) is 55.6 Å². The van der Waals surface area contributed by atoms with Crippen LogP contribution in [0, 0.1) is 0 Å². The van der Waals surface area contributed by atoms with Crippen molar-refractivity contribution in [2.45, 2.75) is 38.1 Å². The zero-order chi connectivity index (χ0) is 19.1. The molecule has 1 unspecified atom stereocenters. The first kappa shape index (κ1) is 19.4. The maximum absolute atomic E-state index is 12.7. The number of rotatable bonds is 6. The summed E-state index contributed by atoms with van der Waals surface area (Å²) in [5.41, 5.74) is 3.30. The minimum Gasteiger partial charge on any atom is -0.312 e. The molecule has 1 fully saturated rings. The number of hydrogen-bond acceptors (Lipinski definition) is 2. The van der Waals surface area contributed by atoms with E-state index < -0.39 is 0 Å². The summed E-state index contributed by atoms with van der Waals surface area (Å²) in [6.45, 7) is 1.20. The average molecular weight is 363 g/mol. The van der Waals surface area contributed by atoms with Crippen molar-refractivity contribution in [3.05, 3.63) is 71.8 Å². The molecule has 2 aromatic carbocycles. The van der Waals surface area contributed by atoms with E-state index in [2.05, 4.69) is 24.1 Å². The lowest BCUT2D eigenvalue weighted by atomic mass is 9.95. The number of benzene rings is 2. The van der Waals surface area contributed by atoms with Crippen LogP contribution in [0.4, 0.5) is 5.69 Å². The molecule has 3 nitrogen and oxygen atoms in total. The molecule has 1 aliphatic rings. The summed E-state index contributed by atoms with van der Waals surface area (Å²) in [7, 11) is 4.10. The van der Waals surface area contributed by atoms with Crippen LogP contribution in [0.2, 0.25) is 0 Å². The first-order valence-corrected chi connectivity index (χ1v) is 9.94. The van der Waals surface area contributed by atoms with Gasteiger partial charge in [0, 0.05) is 24.9 Å². The van der Waals surface area contributed by atoms with Gasteiger partial charge in [0.25, 0.3) is 5.91 Å². The standard InChI is InChI=1S/C24H30N2O/c1-25-19-9-8-13-22(25)17-16-21-12-6-7-14-23(21)26(2)24(27)18-15-20-10-4-3-5-11-20/h3-7,10-12,14-15,18,22H,8-9,13,16-17,19H2,1-2H3. The fourth-order valence-electron chi connectivity index (χ4n) is 3.84. The van der Waals surface area contributed by atoms with E-state index in [9.17, 15) is 4.79 Å². The van der Waals surface area contributed by atoms with Gasteiger partial charge in [0.05, 0.1) is 0 Å². The summed E-state index contributed by atoms with van der Waals surface area (Å²) in [5.74, 6) is 0.00101. The third-order valence-corrected chi connectivity index (χ3v) is 5.57. The van der Waals surface area contributed by atoms with E-state index >= 15 is 0 Å². The van der Waals surface area contributed by atoms with E-state index in [0.717, 1.165) is 24.1 Å². The Morgan fingerprint density at radius 2 is 1.85 bits per heavy atom. The summed E-state index contributed by atoms with van der Waals surface area (Å²) in [5, 5.41) is 0. The summed E-state index contributed by atoms with van der Waals surface area (Å²) in [4.78, 5) is 16.9. The molecule has 3 rings (SSSR count). The van der Waals surface area contributed by atoms with Crippen LogP contribution < -0.4 is 4.90 Å². The molecule has 0 spiro atoms. The topological polar surface area (TPSA) is 23.6 Å². The number of nitrogens with zero attached hydrogens (tertiary/aromatic N) is 2. The third kappa shape index (κ3) is 5.30. The number of hydrogen-bond donors (Lipinski definition) is 0. The highest BCUT2D eigenvalue weighted by molar-refractivity contribution is 6.03. The third-order valence-electron chi connectivity index (χ3n) is 5.57. The molecule has 0 N–H and O–H groups in total. The van der Waals surface area contributed by atoms with Crippen molar-refractivity contribution in [1.82, 2.24) is 4.90 Å². The van der Waals surface area contributed by atoms with Gasteiger partial charge in [-0.25, -0.2) is 0 Å². The lowest BCUT2D eigenvalue weighted by Crippen LogP contribution is -2.36. The average Bonchev–Trinajstić information content (AvgIpc) is 2.72. The molecular formula is C24H30N2O. The predicted molar refractivity (Wildman–Crippen MR) is 114 cm³/mol. The van der Waals surface area contributed by atoms with E-state index in [1.54, 1.807) is 11.0 Å². The molecular weight excluding hydrogens is 332 g/mol. The fourth-order valence-corrected chi connectivity index (χ4v) is 3.84. The van der Waals surface area contributed by atoms with Gasteiger partial charge < -0.3 is 9.80 Å². The van der Waals surface area contributed by atoms with Crippen molar-refractivity contribution in [3.63, 3.8) is 0 Å². The number of likely N-dealkylation sites (N-methyl/N-ethyl adjacent to an activating group) is 1. The monoisotopic (exact) mass is 362 g/mol. The van der Waals surface area contributed by atoms with Gasteiger partial charge in [-0.2, -0.15) is 0 Å². The van der Waals surface area contributed by atoms with Gasteiger partial charge in [0.2, 0.25) is 0 Å². The van der Waals surface area contributed by atoms with E-state index in [4.69, 9.17) is 0 Å². The quantitative estimate of drug-likeness (QED) is 0.691. The Kier molecular flexibility index (Phi) is 6.83. The van der Waals surface area contributed by atoms with Crippen molar-refractivity contribution in [2.75, 3.05) is 25.5 Å². The van der Waals surface area contributed by atoms with Crippen molar-refractivity contribution in [3.8, 4) is 0 Å². The fraction of sp³-hybridized carbons (Fsp3) is 0.375. The molecule has 1 aliphatic heterocycles. The van der Waals surface area contributed by atoms with E-state index in [1.165, 1.54) is 31.4 Å². The Labute approximate surface area is 163 Å². The second-order valence-electron chi connectivity index (χ2n) is 7.44. The largest absolute Gasteiger partial charge is 0.312 e. The minimum absolute atomic E-state index is 0.00101. The SMILES string of the molecule is CN(C(=O)C=Cc1ccccc1)c1ccccc1CCC1CCCCN1C. The highest BCUT2D eigenvalue weighted by atomic mass is 16.2. The second-order valence-corrected chi connectivity index (χ2v) is 7.44. The number of amides is 1. The number of aryl methyl sites for hydroxylation is 1. The molecule has 0 bridgehead atoms. The van der Waals surface area contributed by atoms with E-state index in [-0.39, 0.29) is 5.91 Å². The van der Waals surface area contributed by atoms with Crippen LogP contribution in [0.25, 0.3) is 6.08 Å². The minimum atomic E-state index is 0.00101. The number of para-hydroxylation sites is 1. The Morgan fingerprint density at radius 3 is 2.63 bits per heavy atom. The first-order chi connectivity index (χ1) is 13.1. The molecule has 1 atom stereocenters. The molecule has 1 amide bonds. The number of piperidine rings is 1. The van der Waals surface area contributed by atoms with Crippen LogP contribution in [-0.4, -0.2) is 37.5 Å². The lowest BCUT2D eigenvalue weighted by molar-refractivity contribution is -0.113. The molecule has 0 radical (unpaired) electrons. The zero-order valence-electron chi connectivity index (χ0n) is 16.5. The Hall–Kier alpha value is -2.39. The highest BCUT2D eigenvalue weighted by Gasteiger charge is 2.19. The zero-order valence-corrected chi connectivity index (χ0v) is 16.5. The maximum atomic E-state index is 12.7. The number of anilines is 1. The van der Waals surface area contributed by atoms with Gasteiger partial charge in [0.1, 0.15) is 0 Å². The van der Waals surface area contributed by atoms with Crippen LogP contribution in [0.3, 0.4) is 0 Å². The van der Waals surface area contributed by atoms with Gasteiger partial charge >= 0.3 is 0 Å². The van der Waals surface area contributed by atoms with Crippen LogP contribution >= 0.6 is 0 Å². The van der Waals surface area contributed by atoms with Crippen molar-refractivity contribution < 1.29 is 4.79 Å². The van der Waals surface area contributed by atoms with E-state index in [0.29, 0.717) is 6.04 Å². The number of likely N-dealkylation sites (tertiary alicyclic amines) is 1. The molecule has 1 saturated heterocycles. The van der Waals surface area contributed by atoms with Crippen LogP contribution in [-0.2, 0) is 11.2 Å². The van der Waals surface area contributed by atoms with Gasteiger partial charge in [-0.3, -0.25) is 4.79 Å². The molecule has 2 aromatic rings. The molecule has 0 saturated carbocycles. The maximum Gasteiger partial charge on any atom is 0.250 e. The Bertz CT molecular complexity index is 769. The van der Waals surface area contributed by atoms with Crippen molar-refractivity contribution in [1.29, 1.82) is 0 Å². The first-order valence-electron chi connectivity index (χ1n) is 9.94. The predicted octanol–water partition coefficient (Wildman–Crippen LogP) is 4.78. The van der Waals surface area contributed by atoms with Crippen LogP contribution in [0.1, 0.15) is 36.8 Å². The Morgan fingerprint density at radius 1 is 1.11 bits per heavy atom. The smallest absolute Gasteiger partial charge is 0.250 e. The number of carbonyl (C=O) groups excluding carboxylic acids is 1. The van der Waals surface area contributed by atoms with Gasteiger partial charge in [-0.15, -0.1) is 0 Å². The van der Waals surface area contributed by atoms with Crippen molar-refractivity contribution >= 4 is 17.7 Å². The van der Waals surface area contributed by atoms with Gasteiger partial charge in [-0.05, 0) is 62.5 Å². The van der Waals surface area contributed by atoms with Crippen LogP contribution in [0.15, 0.2) is 60.7 Å². The molecule has 0 aromatic heterocycles. The highest BCUT2D eigenvalue weighted by Crippen LogP contribution is 2.25. The van der Waals surface area contributed by atoms with Gasteiger partial charge in [0.15, 0.2) is 0 Å². The molecule has 1 heterocycles. The summed E-state index contributed by atoms with van der Waals surface area (Å²) in [6.07, 6.45) is 9.61.